The monoisotopic (exact) mass is 447 g/mol. The molecule has 30 heavy (non-hydrogen) atoms. The number of ether oxygens (including phenoxy) is 1. The molecule has 0 aliphatic carbocycles. The van der Waals surface area contributed by atoms with Gasteiger partial charge in [-0.1, -0.05) is 18.6 Å². The lowest BCUT2D eigenvalue weighted by Gasteiger charge is -2.26. The Balaban J connectivity index is 1.48. The van der Waals surface area contributed by atoms with Crippen molar-refractivity contribution < 1.29 is 22.4 Å². The number of esters is 1. The third-order valence-electron chi connectivity index (χ3n) is 4.91. The van der Waals surface area contributed by atoms with Crippen LogP contribution in [0.4, 0.5) is 0 Å². The average Bonchev–Trinajstić information content (AvgIpc) is 3.45. The van der Waals surface area contributed by atoms with Crippen LogP contribution in [-0.2, 0) is 21.4 Å². The van der Waals surface area contributed by atoms with Gasteiger partial charge in [0.05, 0.1) is 15.3 Å². The Kier molecular flexibility index (Phi) is 5.98. The first kappa shape index (κ1) is 20.7. The molecule has 0 radical (unpaired) electrons. The second-order valence-corrected chi connectivity index (χ2v) is 9.88. The molecular weight excluding hydrogens is 426 g/mol. The molecule has 158 valence electrons. The third kappa shape index (κ3) is 4.30. The Labute approximate surface area is 178 Å². The lowest BCUT2D eigenvalue weighted by molar-refractivity contribution is 0.0437. The summed E-state index contributed by atoms with van der Waals surface area (Å²) in [7, 11) is -3.64. The molecule has 2 aromatic heterocycles. The van der Waals surface area contributed by atoms with Crippen molar-refractivity contribution in [1.82, 2.24) is 14.5 Å². The number of thiophene rings is 1. The van der Waals surface area contributed by atoms with Gasteiger partial charge >= 0.3 is 5.97 Å². The van der Waals surface area contributed by atoms with E-state index in [9.17, 15) is 13.2 Å². The highest BCUT2D eigenvalue weighted by atomic mass is 32.2. The van der Waals surface area contributed by atoms with Crippen LogP contribution in [0.1, 0.15) is 41.1 Å². The van der Waals surface area contributed by atoms with Crippen molar-refractivity contribution in [3.63, 3.8) is 0 Å². The normalized spacial score (nSPS) is 15.2. The molecule has 0 N–H and O–H groups in total. The quantitative estimate of drug-likeness (QED) is 0.532. The van der Waals surface area contributed by atoms with E-state index in [0.717, 1.165) is 24.1 Å². The summed E-state index contributed by atoms with van der Waals surface area (Å²) in [6.07, 6.45) is 2.72. The van der Waals surface area contributed by atoms with E-state index in [2.05, 4.69) is 10.2 Å². The molecule has 0 unspecified atom stereocenters. The van der Waals surface area contributed by atoms with E-state index in [-0.39, 0.29) is 23.0 Å². The molecule has 1 fully saturated rings. The Morgan fingerprint density at radius 3 is 2.73 bits per heavy atom. The lowest BCUT2D eigenvalue weighted by Crippen LogP contribution is -2.35. The summed E-state index contributed by atoms with van der Waals surface area (Å²) < 4.78 is 38.1. The largest absolute Gasteiger partial charge is 0.452 e. The van der Waals surface area contributed by atoms with Crippen molar-refractivity contribution in [2.75, 3.05) is 13.1 Å². The number of piperidine rings is 1. The van der Waals surface area contributed by atoms with Gasteiger partial charge in [-0.05, 0) is 48.9 Å². The van der Waals surface area contributed by atoms with Gasteiger partial charge in [0.2, 0.25) is 10.0 Å². The molecule has 1 aliphatic rings. The maximum Gasteiger partial charge on any atom is 0.338 e. The number of aryl methyl sites for hydroxylation is 1. The van der Waals surface area contributed by atoms with Crippen molar-refractivity contribution in [3.8, 4) is 10.8 Å². The maximum atomic E-state index is 12.9. The van der Waals surface area contributed by atoms with Crippen molar-refractivity contribution in [3.05, 3.63) is 52.7 Å². The molecule has 1 aromatic carbocycles. The fourth-order valence-electron chi connectivity index (χ4n) is 3.25. The number of hydrogen-bond donors (Lipinski definition) is 0. The number of benzene rings is 1. The number of nitrogens with zero attached hydrogens (tertiary/aromatic N) is 3. The first-order chi connectivity index (χ1) is 14.4. The zero-order chi connectivity index (χ0) is 21.1. The fraction of sp³-hybridized carbons (Fsp3) is 0.350. The van der Waals surface area contributed by atoms with Gasteiger partial charge in [0.15, 0.2) is 6.61 Å². The third-order valence-corrected chi connectivity index (χ3v) is 7.66. The number of aromatic nitrogens is 2. The second kappa shape index (κ2) is 8.66. The lowest BCUT2D eigenvalue weighted by atomic mass is 10.1. The van der Waals surface area contributed by atoms with Gasteiger partial charge < -0.3 is 9.15 Å². The summed E-state index contributed by atoms with van der Waals surface area (Å²) >= 11 is 1.46. The molecule has 10 heteroatoms. The minimum absolute atomic E-state index is 0.0970. The molecule has 3 aromatic rings. The Morgan fingerprint density at radius 2 is 2.00 bits per heavy atom. The predicted octanol–water partition coefficient (Wildman–Crippen LogP) is 3.64. The Hall–Kier alpha value is -2.56. The van der Waals surface area contributed by atoms with E-state index in [4.69, 9.17) is 9.15 Å². The van der Waals surface area contributed by atoms with E-state index in [0.29, 0.717) is 24.5 Å². The molecule has 4 rings (SSSR count). The van der Waals surface area contributed by atoms with Gasteiger partial charge in [-0.25, -0.2) is 13.2 Å². The number of carbonyl (C=O) groups is 1. The summed E-state index contributed by atoms with van der Waals surface area (Å²) in [5.41, 5.74) is 0.827. The summed E-state index contributed by atoms with van der Waals surface area (Å²) in [4.78, 5) is 13.5. The minimum Gasteiger partial charge on any atom is -0.452 e. The fourth-order valence-corrected chi connectivity index (χ4v) is 5.44. The standard InChI is InChI=1S/C20H21N3O5S2/c1-14-7-8-15(30(25,26)23-9-3-2-4-10-23)12-16(14)20(24)27-13-18-21-22-19(28-18)17-6-5-11-29-17/h5-8,11-12H,2-4,9-10,13H2,1H3. The minimum atomic E-state index is -3.64. The van der Waals surface area contributed by atoms with Crippen molar-refractivity contribution in [2.45, 2.75) is 37.7 Å². The highest BCUT2D eigenvalue weighted by Crippen LogP contribution is 2.25. The van der Waals surface area contributed by atoms with Crippen LogP contribution in [0.2, 0.25) is 0 Å². The number of rotatable bonds is 6. The van der Waals surface area contributed by atoms with Crippen LogP contribution in [0.25, 0.3) is 10.8 Å². The topological polar surface area (TPSA) is 103 Å². The predicted molar refractivity (Wildman–Crippen MR) is 111 cm³/mol. The van der Waals surface area contributed by atoms with Gasteiger partial charge in [0.1, 0.15) is 0 Å². The second-order valence-electron chi connectivity index (χ2n) is 7.00. The van der Waals surface area contributed by atoms with E-state index >= 15 is 0 Å². The van der Waals surface area contributed by atoms with Gasteiger partial charge in [-0.15, -0.1) is 21.5 Å². The number of hydrogen-bond acceptors (Lipinski definition) is 8. The maximum absolute atomic E-state index is 12.9. The van der Waals surface area contributed by atoms with E-state index < -0.39 is 16.0 Å². The summed E-state index contributed by atoms with van der Waals surface area (Å²) in [6, 6.07) is 8.26. The molecule has 3 heterocycles. The van der Waals surface area contributed by atoms with Crippen molar-refractivity contribution in [2.24, 2.45) is 0 Å². The van der Waals surface area contributed by atoms with Crippen LogP contribution in [0.15, 0.2) is 45.0 Å². The number of sulfonamides is 1. The van der Waals surface area contributed by atoms with Crippen molar-refractivity contribution in [1.29, 1.82) is 0 Å². The van der Waals surface area contributed by atoms with Gasteiger partial charge in [0.25, 0.3) is 11.8 Å². The number of carbonyl (C=O) groups excluding carboxylic acids is 1. The molecule has 1 aliphatic heterocycles. The Morgan fingerprint density at radius 1 is 1.20 bits per heavy atom. The Bertz CT molecular complexity index is 1130. The van der Waals surface area contributed by atoms with E-state index in [1.807, 2.05) is 17.5 Å². The first-order valence-electron chi connectivity index (χ1n) is 9.59. The average molecular weight is 448 g/mol. The summed E-state index contributed by atoms with van der Waals surface area (Å²) in [6.45, 7) is 2.54. The van der Waals surface area contributed by atoms with Crippen LogP contribution in [0, 0.1) is 6.92 Å². The molecular formula is C20H21N3O5S2. The molecule has 0 saturated carbocycles. The molecule has 0 amide bonds. The van der Waals surface area contributed by atoms with E-state index in [1.165, 1.54) is 27.8 Å². The van der Waals surface area contributed by atoms with Gasteiger partial charge in [-0.2, -0.15) is 4.31 Å². The smallest absolute Gasteiger partial charge is 0.338 e. The zero-order valence-electron chi connectivity index (χ0n) is 16.4. The van der Waals surface area contributed by atoms with Crippen LogP contribution in [0.3, 0.4) is 0 Å². The zero-order valence-corrected chi connectivity index (χ0v) is 18.0. The van der Waals surface area contributed by atoms with Crippen LogP contribution < -0.4 is 0 Å². The van der Waals surface area contributed by atoms with E-state index in [1.54, 1.807) is 13.0 Å². The molecule has 1 saturated heterocycles. The summed E-state index contributed by atoms with van der Waals surface area (Å²) in [5, 5.41) is 9.73. The molecule has 0 atom stereocenters. The molecule has 0 spiro atoms. The highest BCUT2D eigenvalue weighted by Gasteiger charge is 2.27. The SMILES string of the molecule is Cc1ccc(S(=O)(=O)N2CCCCC2)cc1C(=O)OCc1nnc(-c2cccs2)o1. The first-order valence-corrected chi connectivity index (χ1v) is 11.9. The summed E-state index contributed by atoms with van der Waals surface area (Å²) in [5.74, 6) is -0.109. The van der Waals surface area contributed by atoms with Gasteiger partial charge in [0, 0.05) is 13.1 Å². The van der Waals surface area contributed by atoms with Crippen molar-refractivity contribution >= 4 is 27.3 Å². The highest BCUT2D eigenvalue weighted by molar-refractivity contribution is 7.89. The van der Waals surface area contributed by atoms with Crippen LogP contribution in [-0.4, -0.2) is 42.0 Å². The van der Waals surface area contributed by atoms with Gasteiger partial charge in [-0.3, -0.25) is 0 Å². The molecule has 0 bridgehead atoms. The van der Waals surface area contributed by atoms with Crippen LogP contribution >= 0.6 is 11.3 Å². The molecule has 8 nitrogen and oxygen atoms in total. The van der Waals surface area contributed by atoms with Crippen LogP contribution in [0.5, 0.6) is 0 Å².